The van der Waals surface area contributed by atoms with E-state index in [0.29, 0.717) is 5.56 Å². The maximum atomic E-state index is 12.9. The Labute approximate surface area is 321 Å². The fourth-order valence-electron chi connectivity index (χ4n) is 5.41. The number of aliphatic carboxylic acids is 1. The molecule has 56 heavy (non-hydrogen) atoms. The SMILES string of the molecule is C[C@H](O[C@H](OC(CO)[C@@H](C)O)[C@@H](O)CO[C@]1(C(=O)O)C[C@@H](O)[C@@H](NC(=O)Cc2ccccc2)C([C@H](O)[C@H](O)CO)O1)C(CO)O[C@@H](OCCN=[N+]=[N-])[C@@H](O)CO. The van der Waals surface area contributed by atoms with Gasteiger partial charge in [-0.05, 0) is 24.9 Å². The molecule has 1 aromatic rings. The van der Waals surface area contributed by atoms with Gasteiger partial charge in [-0.3, -0.25) is 4.79 Å². The molecule has 12 N–H and O–H groups in total. The third-order valence-corrected chi connectivity index (χ3v) is 8.58. The Balaban J connectivity index is 2.35. The zero-order valence-electron chi connectivity index (χ0n) is 30.8. The summed E-state index contributed by atoms with van der Waals surface area (Å²) < 4.78 is 33.4. The van der Waals surface area contributed by atoms with E-state index in [1.54, 1.807) is 30.3 Å². The van der Waals surface area contributed by atoms with E-state index >= 15 is 0 Å². The second kappa shape index (κ2) is 24.6. The van der Waals surface area contributed by atoms with E-state index in [4.69, 9.17) is 34.0 Å². The predicted octanol–water partition coefficient (Wildman–Crippen LogP) is -4.39. The average molecular weight is 811 g/mol. The number of nitrogens with zero attached hydrogens (tertiary/aromatic N) is 3. The van der Waals surface area contributed by atoms with Crippen molar-refractivity contribution in [2.45, 2.75) is 112 Å². The van der Waals surface area contributed by atoms with E-state index in [0.717, 1.165) is 0 Å². The highest BCUT2D eigenvalue weighted by atomic mass is 16.7. The van der Waals surface area contributed by atoms with Crippen LogP contribution < -0.4 is 5.32 Å². The largest absolute Gasteiger partial charge is 0.477 e. The Morgan fingerprint density at radius 2 is 1.55 bits per heavy atom. The number of hydrogen-bond acceptors (Lipinski definition) is 19. The molecule has 0 spiro atoms. The van der Waals surface area contributed by atoms with E-state index in [1.165, 1.54) is 13.8 Å². The van der Waals surface area contributed by atoms with Crippen LogP contribution >= 0.6 is 0 Å². The first-order valence-corrected chi connectivity index (χ1v) is 17.6. The van der Waals surface area contributed by atoms with Crippen molar-refractivity contribution in [2.24, 2.45) is 5.11 Å². The summed E-state index contributed by atoms with van der Waals surface area (Å²) in [6.07, 6.45) is -21.7. The van der Waals surface area contributed by atoms with E-state index in [9.17, 15) is 65.8 Å². The summed E-state index contributed by atoms with van der Waals surface area (Å²) in [7, 11) is 0. The number of carbonyl (C=O) groups excluding carboxylic acids is 1. The molecular weight excluding hydrogens is 756 g/mol. The Kier molecular flexibility index (Phi) is 21.5. The minimum atomic E-state index is -2.89. The van der Waals surface area contributed by atoms with Gasteiger partial charge >= 0.3 is 5.97 Å². The molecule has 0 bridgehead atoms. The topological polar surface area (TPSA) is 373 Å². The maximum Gasteiger partial charge on any atom is 0.364 e. The number of nitrogens with one attached hydrogen (secondary N) is 1. The maximum absolute atomic E-state index is 12.9. The molecule has 2 rings (SSSR count). The molecule has 320 valence electrons. The number of hydrogen-bond donors (Lipinski definition) is 12. The van der Waals surface area contributed by atoms with Crippen LogP contribution in [-0.4, -0.2) is 200 Å². The van der Waals surface area contributed by atoms with Gasteiger partial charge in [0.1, 0.15) is 42.7 Å². The van der Waals surface area contributed by atoms with Gasteiger partial charge in [0, 0.05) is 17.9 Å². The van der Waals surface area contributed by atoms with Gasteiger partial charge in [-0.15, -0.1) is 0 Å². The zero-order valence-corrected chi connectivity index (χ0v) is 30.8. The van der Waals surface area contributed by atoms with Gasteiger partial charge in [-0.1, -0.05) is 35.4 Å². The second-order valence-electron chi connectivity index (χ2n) is 12.9. The Morgan fingerprint density at radius 1 is 0.929 bits per heavy atom. The lowest BCUT2D eigenvalue weighted by molar-refractivity contribution is -0.328. The van der Waals surface area contributed by atoms with Crippen LogP contribution in [0.15, 0.2) is 35.4 Å². The van der Waals surface area contributed by atoms with Gasteiger partial charge in [-0.25, -0.2) is 4.79 Å². The highest BCUT2D eigenvalue weighted by molar-refractivity contribution is 5.79. The van der Waals surface area contributed by atoms with E-state index in [1.807, 2.05) is 0 Å². The van der Waals surface area contributed by atoms with Crippen molar-refractivity contribution in [1.29, 1.82) is 0 Å². The van der Waals surface area contributed by atoms with Gasteiger partial charge in [0.15, 0.2) is 12.6 Å². The minimum absolute atomic E-state index is 0.182. The lowest BCUT2D eigenvalue weighted by atomic mass is 9.88. The van der Waals surface area contributed by atoms with Crippen molar-refractivity contribution in [3.63, 3.8) is 0 Å². The molecule has 1 saturated heterocycles. The second-order valence-corrected chi connectivity index (χ2v) is 12.9. The smallest absolute Gasteiger partial charge is 0.364 e. The number of rotatable bonds is 27. The van der Waals surface area contributed by atoms with E-state index in [-0.39, 0.29) is 19.6 Å². The van der Waals surface area contributed by atoms with Gasteiger partial charge < -0.3 is 89.9 Å². The molecule has 23 nitrogen and oxygen atoms in total. The monoisotopic (exact) mass is 810 g/mol. The van der Waals surface area contributed by atoms with Gasteiger partial charge in [0.2, 0.25) is 5.91 Å². The molecule has 14 atom stereocenters. The summed E-state index contributed by atoms with van der Waals surface area (Å²) in [6.45, 7) is -2.52. The van der Waals surface area contributed by atoms with Crippen molar-refractivity contribution in [3.8, 4) is 0 Å². The first-order valence-electron chi connectivity index (χ1n) is 17.6. The molecule has 1 aliphatic heterocycles. The number of carboxylic acids is 1. The summed E-state index contributed by atoms with van der Waals surface area (Å²) in [6, 6.07) is 6.83. The van der Waals surface area contributed by atoms with Crippen LogP contribution in [0.2, 0.25) is 0 Å². The van der Waals surface area contributed by atoms with Crippen molar-refractivity contribution < 1.29 is 94.2 Å². The van der Waals surface area contributed by atoms with Crippen LogP contribution in [0.3, 0.4) is 0 Å². The molecular formula is C33H54N4O19. The fraction of sp³-hybridized carbons (Fsp3) is 0.758. The molecule has 0 saturated carbocycles. The van der Waals surface area contributed by atoms with Crippen LogP contribution in [0.25, 0.3) is 10.4 Å². The van der Waals surface area contributed by atoms with Crippen LogP contribution in [0.1, 0.15) is 25.8 Å². The van der Waals surface area contributed by atoms with Crippen molar-refractivity contribution >= 4 is 11.9 Å². The van der Waals surface area contributed by atoms with E-state index in [2.05, 4.69) is 15.3 Å². The van der Waals surface area contributed by atoms with E-state index < -0.39 is 137 Å². The highest BCUT2D eigenvalue weighted by Gasteiger charge is 2.56. The molecule has 1 amide bonds. The van der Waals surface area contributed by atoms with Gasteiger partial charge in [0.05, 0.1) is 70.4 Å². The van der Waals surface area contributed by atoms with Crippen molar-refractivity contribution in [3.05, 3.63) is 46.3 Å². The number of aliphatic hydroxyl groups is 10. The van der Waals surface area contributed by atoms with Crippen LogP contribution in [0.4, 0.5) is 0 Å². The summed E-state index contributed by atoms with van der Waals surface area (Å²) in [5, 5.41) is 119. The first kappa shape index (κ1) is 49.0. The molecule has 1 heterocycles. The fourth-order valence-corrected chi connectivity index (χ4v) is 5.41. The first-order chi connectivity index (χ1) is 26.6. The number of ether oxygens (including phenoxy) is 6. The quantitative estimate of drug-likeness (QED) is 0.0131. The number of carbonyl (C=O) groups is 2. The standard InChI is InChI=1S/C33H54N4O19/c1-17(42)24(14-40)54-31(53-18(2)25(15-41)55-30(22(45)13-39)51-9-8-35-37-34)23(46)16-52-33(32(49)50)11-20(43)27(29(56-33)28(48)21(44)12-38)36-26(47)10-19-6-4-3-5-7-19/h3-7,17-18,20-25,27-31,38-46,48H,8-16H2,1-2H3,(H,36,47)(H,49,50)/t17-,18+,20-,21-,22+,23+,24?,25?,27-,28-,29?,30-,31-,33-/m1/s1. The van der Waals surface area contributed by atoms with Crippen molar-refractivity contribution in [1.82, 2.24) is 5.32 Å². The molecule has 0 aromatic heterocycles. The highest BCUT2D eigenvalue weighted by Crippen LogP contribution is 2.34. The summed E-state index contributed by atoms with van der Waals surface area (Å²) >= 11 is 0. The Bertz CT molecular complexity index is 1350. The molecule has 0 aliphatic carbocycles. The van der Waals surface area contributed by atoms with Crippen LogP contribution in [0.5, 0.6) is 0 Å². The number of benzene rings is 1. The molecule has 1 aliphatic rings. The molecule has 3 unspecified atom stereocenters. The Hall–Kier alpha value is -3.17. The normalized spacial score (nSPS) is 25.3. The number of azide groups is 1. The third-order valence-electron chi connectivity index (χ3n) is 8.58. The minimum Gasteiger partial charge on any atom is -0.477 e. The lowest BCUT2D eigenvalue weighted by Gasteiger charge is -2.46. The van der Waals surface area contributed by atoms with Gasteiger partial charge in [0.25, 0.3) is 5.79 Å². The van der Waals surface area contributed by atoms with Crippen LogP contribution in [0, 0.1) is 0 Å². The summed E-state index contributed by atoms with van der Waals surface area (Å²) in [5.41, 5.74) is 9.04. The Morgan fingerprint density at radius 3 is 2.11 bits per heavy atom. The molecule has 0 radical (unpaired) electrons. The van der Waals surface area contributed by atoms with Crippen LogP contribution in [-0.2, 0) is 44.4 Å². The average Bonchev–Trinajstić information content (AvgIpc) is 3.18. The number of amides is 1. The zero-order chi connectivity index (χ0) is 42.0. The molecule has 23 heteroatoms. The summed E-state index contributed by atoms with van der Waals surface area (Å²) in [4.78, 5) is 28.2. The van der Waals surface area contributed by atoms with Crippen molar-refractivity contribution in [2.75, 3.05) is 46.2 Å². The number of aliphatic hydroxyl groups excluding tert-OH is 10. The third kappa shape index (κ3) is 14.6. The molecule has 1 fully saturated rings. The molecule has 1 aromatic carbocycles. The van der Waals surface area contributed by atoms with Gasteiger partial charge in [-0.2, -0.15) is 0 Å². The predicted molar refractivity (Wildman–Crippen MR) is 186 cm³/mol. The summed E-state index contributed by atoms with van der Waals surface area (Å²) in [5.74, 6) is -5.46. The lowest BCUT2D eigenvalue weighted by Crippen LogP contribution is -2.68. The number of carboxylic acid groups (broad SMARTS) is 1.